The summed E-state index contributed by atoms with van der Waals surface area (Å²) in [5.41, 5.74) is 0.508. The fourth-order valence-corrected chi connectivity index (χ4v) is 6.77. The van der Waals surface area contributed by atoms with Crippen molar-refractivity contribution in [3.63, 3.8) is 0 Å². The van der Waals surface area contributed by atoms with Gasteiger partial charge in [-0.2, -0.15) is 0 Å². The summed E-state index contributed by atoms with van der Waals surface area (Å²) in [5.74, 6) is -1.78. The highest BCUT2D eigenvalue weighted by molar-refractivity contribution is 7.92. The van der Waals surface area contributed by atoms with Crippen molar-refractivity contribution in [1.29, 1.82) is 0 Å². The van der Waals surface area contributed by atoms with E-state index in [-0.39, 0.29) is 39.1 Å². The Labute approximate surface area is 254 Å². The van der Waals surface area contributed by atoms with Crippen LogP contribution in [0, 0.1) is 5.82 Å². The molecular weight excluding hydrogens is 612 g/mol. The lowest BCUT2D eigenvalue weighted by atomic mass is 10.1. The van der Waals surface area contributed by atoms with Gasteiger partial charge in [-0.25, -0.2) is 12.8 Å². The highest BCUT2D eigenvalue weighted by Crippen LogP contribution is 2.29. The number of sulfonamides is 1. The first-order valence-electron chi connectivity index (χ1n) is 13.0. The molecule has 0 bridgehead atoms. The lowest BCUT2D eigenvalue weighted by molar-refractivity contribution is -0.139. The molecule has 1 saturated carbocycles. The molecule has 0 saturated heterocycles. The molecule has 1 N–H and O–H groups in total. The third kappa shape index (κ3) is 7.52. The molecule has 1 atom stereocenters. The van der Waals surface area contributed by atoms with Crippen molar-refractivity contribution in [2.24, 2.45) is 0 Å². The van der Waals surface area contributed by atoms with Gasteiger partial charge in [0.2, 0.25) is 11.8 Å². The zero-order chi connectivity index (χ0) is 29.7. The Balaban J connectivity index is 1.71. The summed E-state index contributed by atoms with van der Waals surface area (Å²) < 4.78 is 42.4. The third-order valence-electron chi connectivity index (χ3n) is 7.03. The van der Waals surface area contributed by atoms with Crippen LogP contribution in [-0.2, 0) is 26.2 Å². The number of hydrogen-bond donors (Lipinski definition) is 1. The molecule has 4 rings (SSSR count). The highest BCUT2D eigenvalue weighted by atomic mass is 35.5. The zero-order valence-electron chi connectivity index (χ0n) is 22.2. The Hall–Kier alpha value is -2.85. The minimum absolute atomic E-state index is 0.0114. The van der Waals surface area contributed by atoms with E-state index in [1.54, 1.807) is 37.3 Å². The van der Waals surface area contributed by atoms with E-state index >= 15 is 0 Å². The van der Waals surface area contributed by atoms with Gasteiger partial charge < -0.3 is 10.2 Å². The fraction of sp³-hybridized carbons (Fsp3) is 0.310. The number of nitrogens with zero attached hydrogens (tertiary/aromatic N) is 2. The minimum Gasteiger partial charge on any atom is -0.352 e. The second-order valence-corrected chi connectivity index (χ2v) is 13.0. The number of benzene rings is 3. The summed E-state index contributed by atoms with van der Waals surface area (Å²) in [6, 6.07) is 14.8. The first kappa shape index (κ1) is 31.1. The van der Waals surface area contributed by atoms with Gasteiger partial charge >= 0.3 is 0 Å². The quantitative estimate of drug-likeness (QED) is 0.276. The van der Waals surface area contributed by atoms with Gasteiger partial charge in [-0.05, 0) is 67.8 Å². The minimum atomic E-state index is -4.30. The van der Waals surface area contributed by atoms with E-state index in [9.17, 15) is 22.4 Å². The Kier molecular flexibility index (Phi) is 10.2. The molecule has 41 heavy (non-hydrogen) atoms. The lowest BCUT2D eigenvalue weighted by Gasteiger charge is -2.32. The van der Waals surface area contributed by atoms with E-state index in [0.29, 0.717) is 10.6 Å². The molecule has 0 aromatic heterocycles. The Bertz CT molecular complexity index is 1520. The van der Waals surface area contributed by atoms with Gasteiger partial charge in [0, 0.05) is 22.6 Å². The Morgan fingerprint density at radius 1 is 0.976 bits per heavy atom. The van der Waals surface area contributed by atoms with Crippen molar-refractivity contribution in [1.82, 2.24) is 10.2 Å². The molecule has 1 aliphatic rings. The van der Waals surface area contributed by atoms with Crippen LogP contribution in [0.2, 0.25) is 15.1 Å². The van der Waals surface area contributed by atoms with Crippen LogP contribution in [0.4, 0.5) is 10.1 Å². The summed E-state index contributed by atoms with van der Waals surface area (Å²) in [4.78, 5) is 28.5. The molecule has 2 amide bonds. The van der Waals surface area contributed by atoms with Gasteiger partial charge in [0.15, 0.2) is 0 Å². The predicted octanol–water partition coefficient (Wildman–Crippen LogP) is 6.46. The number of carbonyl (C=O) groups excluding carboxylic acids is 2. The fourth-order valence-electron chi connectivity index (χ4n) is 4.70. The summed E-state index contributed by atoms with van der Waals surface area (Å²) in [7, 11) is -4.30. The molecule has 0 spiro atoms. The monoisotopic (exact) mass is 639 g/mol. The summed E-state index contributed by atoms with van der Waals surface area (Å²) >= 11 is 18.5. The number of anilines is 1. The maximum absolute atomic E-state index is 14.0. The first-order chi connectivity index (χ1) is 19.5. The number of carbonyl (C=O) groups is 2. The molecule has 0 radical (unpaired) electrons. The van der Waals surface area contributed by atoms with Crippen molar-refractivity contribution < 1.29 is 22.4 Å². The molecule has 7 nitrogen and oxygen atoms in total. The number of hydrogen-bond acceptors (Lipinski definition) is 4. The van der Waals surface area contributed by atoms with Crippen molar-refractivity contribution >= 4 is 62.3 Å². The van der Waals surface area contributed by atoms with Crippen LogP contribution in [0.25, 0.3) is 0 Å². The van der Waals surface area contributed by atoms with E-state index in [1.807, 2.05) is 0 Å². The summed E-state index contributed by atoms with van der Waals surface area (Å²) in [6.07, 6.45) is 3.72. The molecule has 1 unspecified atom stereocenters. The smallest absolute Gasteiger partial charge is 0.264 e. The SMILES string of the molecule is CC(C(=O)NC1CCCC1)N(Cc1ccc(Cl)cc1Cl)C(=O)CN(c1ccc(F)c(Cl)c1)S(=O)(=O)c1ccccc1. The number of rotatable bonds is 10. The molecule has 0 heterocycles. The Morgan fingerprint density at radius 2 is 1.66 bits per heavy atom. The van der Waals surface area contributed by atoms with Crippen molar-refractivity contribution in [2.45, 2.75) is 56.1 Å². The number of nitrogens with one attached hydrogen (secondary N) is 1. The maximum atomic E-state index is 14.0. The van der Waals surface area contributed by atoms with E-state index in [1.165, 1.54) is 29.2 Å². The van der Waals surface area contributed by atoms with Crippen LogP contribution < -0.4 is 9.62 Å². The molecule has 3 aromatic rings. The standard InChI is InChI=1S/C29H29Cl3FN3O4S/c1-19(29(38)34-22-7-5-6-8-22)35(17-20-11-12-21(30)15-25(20)31)28(37)18-36(23-13-14-27(33)26(32)16-23)41(39,40)24-9-3-2-4-10-24/h2-4,9-16,19,22H,5-8,17-18H2,1H3,(H,34,38). The highest BCUT2D eigenvalue weighted by Gasteiger charge is 2.33. The molecule has 1 fully saturated rings. The average Bonchev–Trinajstić information content (AvgIpc) is 3.46. The maximum Gasteiger partial charge on any atom is 0.264 e. The van der Waals surface area contributed by atoms with Gasteiger partial charge in [-0.1, -0.05) is 71.9 Å². The first-order valence-corrected chi connectivity index (χ1v) is 15.6. The topological polar surface area (TPSA) is 86.8 Å². The van der Waals surface area contributed by atoms with Crippen LogP contribution in [0.3, 0.4) is 0 Å². The van der Waals surface area contributed by atoms with Gasteiger partial charge in [0.05, 0.1) is 15.6 Å². The summed E-state index contributed by atoms with van der Waals surface area (Å²) in [6.45, 7) is 0.805. The normalized spacial score (nSPS) is 14.5. The molecular formula is C29H29Cl3FN3O4S. The second kappa shape index (κ2) is 13.4. The Morgan fingerprint density at radius 3 is 2.29 bits per heavy atom. The molecule has 12 heteroatoms. The largest absolute Gasteiger partial charge is 0.352 e. The second-order valence-electron chi connectivity index (χ2n) is 9.85. The van der Waals surface area contributed by atoms with E-state index in [4.69, 9.17) is 34.8 Å². The van der Waals surface area contributed by atoms with Crippen LogP contribution in [-0.4, -0.2) is 43.8 Å². The van der Waals surface area contributed by atoms with E-state index in [0.717, 1.165) is 42.1 Å². The van der Waals surface area contributed by atoms with Crippen LogP contribution in [0.1, 0.15) is 38.2 Å². The lowest BCUT2D eigenvalue weighted by Crippen LogP contribution is -2.52. The molecule has 3 aromatic carbocycles. The molecule has 218 valence electrons. The van der Waals surface area contributed by atoms with Crippen molar-refractivity contribution in [3.8, 4) is 0 Å². The van der Waals surface area contributed by atoms with Crippen LogP contribution in [0.15, 0.2) is 71.6 Å². The van der Waals surface area contributed by atoms with E-state index < -0.39 is 34.3 Å². The predicted molar refractivity (Wildman–Crippen MR) is 159 cm³/mol. The number of amides is 2. The van der Waals surface area contributed by atoms with Crippen LogP contribution >= 0.6 is 34.8 Å². The molecule has 1 aliphatic carbocycles. The van der Waals surface area contributed by atoms with Gasteiger partial charge in [-0.15, -0.1) is 0 Å². The van der Waals surface area contributed by atoms with Crippen molar-refractivity contribution in [3.05, 3.63) is 93.2 Å². The number of halogens is 4. The zero-order valence-corrected chi connectivity index (χ0v) is 25.3. The summed E-state index contributed by atoms with van der Waals surface area (Å²) in [5, 5.41) is 3.38. The third-order valence-corrected chi connectivity index (χ3v) is 9.69. The molecule has 0 aliphatic heterocycles. The van der Waals surface area contributed by atoms with Crippen LogP contribution in [0.5, 0.6) is 0 Å². The van der Waals surface area contributed by atoms with Crippen molar-refractivity contribution in [2.75, 3.05) is 10.8 Å². The van der Waals surface area contributed by atoms with Gasteiger partial charge in [-0.3, -0.25) is 13.9 Å². The van der Waals surface area contributed by atoms with Gasteiger partial charge in [0.25, 0.3) is 10.0 Å². The van der Waals surface area contributed by atoms with Gasteiger partial charge in [0.1, 0.15) is 18.4 Å². The van der Waals surface area contributed by atoms with E-state index in [2.05, 4.69) is 5.32 Å². The average molecular weight is 641 g/mol.